The second kappa shape index (κ2) is 5.10. The molecule has 1 heterocycles. The summed E-state index contributed by atoms with van der Waals surface area (Å²) in [5.41, 5.74) is 1.52. The van der Waals surface area contributed by atoms with Crippen molar-refractivity contribution in [2.75, 3.05) is 5.32 Å². The van der Waals surface area contributed by atoms with Gasteiger partial charge in [-0.1, -0.05) is 24.3 Å². The van der Waals surface area contributed by atoms with Gasteiger partial charge >= 0.3 is 6.03 Å². The zero-order valence-corrected chi connectivity index (χ0v) is 10.5. The van der Waals surface area contributed by atoms with Crippen LogP contribution in [0.25, 0.3) is 10.9 Å². The van der Waals surface area contributed by atoms with Crippen LogP contribution in [-0.4, -0.2) is 11.0 Å². The third kappa shape index (κ3) is 2.91. The van der Waals surface area contributed by atoms with Gasteiger partial charge < -0.3 is 10.6 Å². The Hall–Kier alpha value is -2.36. The van der Waals surface area contributed by atoms with Gasteiger partial charge in [-0.25, -0.2) is 4.79 Å². The number of carbonyl (C=O) groups is 1. The fraction of sp³-hybridized carbons (Fsp3) is 0.200. The predicted molar refractivity (Wildman–Crippen MR) is 75.8 cm³/mol. The van der Waals surface area contributed by atoms with Crippen molar-refractivity contribution in [1.82, 2.24) is 10.3 Å². The minimum atomic E-state index is -0.241. The van der Waals surface area contributed by atoms with Crippen LogP contribution >= 0.6 is 0 Å². The lowest BCUT2D eigenvalue weighted by Crippen LogP contribution is -2.24. The molecule has 2 amide bonds. The van der Waals surface area contributed by atoms with E-state index in [1.807, 2.05) is 36.4 Å². The van der Waals surface area contributed by atoms with Gasteiger partial charge in [-0.05, 0) is 30.9 Å². The van der Waals surface area contributed by atoms with E-state index < -0.39 is 0 Å². The Balaban J connectivity index is 1.71. The fourth-order valence-electron chi connectivity index (χ4n) is 1.91. The number of allylic oxidation sites excluding steroid dienone is 1. The maximum absolute atomic E-state index is 11.8. The molecule has 3 rings (SSSR count). The third-order valence-corrected chi connectivity index (χ3v) is 3.09. The van der Waals surface area contributed by atoms with Crippen LogP contribution in [0.2, 0.25) is 0 Å². The van der Waals surface area contributed by atoms with Crippen LogP contribution in [-0.2, 0) is 0 Å². The predicted octanol–water partition coefficient (Wildman–Crippen LogP) is 3.28. The van der Waals surface area contributed by atoms with Crippen LogP contribution in [0.4, 0.5) is 10.5 Å². The van der Waals surface area contributed by atoms with Crippen LogP contribution in [0, 0.1) is 5.92 Å². The molecule has 0 spiro atoms. The second-order valence-corrected chi connectivity index (χ2v) is 4.68. The van der Waals surface area contributed by atoms with Gasteiger partial charge in [0.25, 0.3) is 0 Å². The molecule has 0 saturated heterocycles. The van der Waals surface area contributed by atoms with E-state index in [2.05, 4.69) is 15.6 Å². The van der Waals surface area contributed by atoms with E-state index in [-0.39, 0.29) is 6.03 Å². The van der Waals surface area contributed by atoms with Crippen molar-refractivity contribution < 1.29 is 4.79 Å². The van der Waals surface area contributed by atoms with Gasteiger partial charge in [0, 0.05) is 17.8 Å². The molecule has 0 radical (unpaired) electrons. The minimum Gasteiger partial charge on any atom is -0.315 e. The fourth-order valence-corrected chi connectivity index (χ4v) is 1.91. The highest BCUT2D eigenvalue weighted by atomic mass is 16.2. The van der Waals surface area contributed by atoms with Crippen molar-refractivity contribution in [3.8, 4) is 0 Å². The molecule has 1 aliphatic carbocycles. The van der Waals surface area contributed by atoms with E-state index in [1.54, 1.807) is 12.4 Å². The number of aromatic nitrogens is 1. The van der Waals surface area contributed by atoms with Gasteiger partial charge in [-0.2, -0.15) is 0 Å². The third-order valence-electron chi connectivity index (χ3n) is 3.09. The number of fused-ring (bicyclic) bond motifs is 1. The van der Waals surface area contributed by atoms with E-state index >= 15 is 0 Å². The van der Waals surface area contributed by atoms with Gasteiger partial charge in [-0.15, -0.1) is 0 Å². The highest BCUT2D eigenvalue weighted by Gasteiger charge is 2.17. The van der Waals surface area contributed by atoms with Crippen LogP contribution in [0.1, 0.15) is 12.8 Å². The first-order valence-electron chi connectivity index (χ1n) is 6.41. The molecule has 1 aromatic carbocycles. The lowest BCUT2D eigenvalue weighted by Gasteiger charge is -2.07. The Morgan fingerprint density at radius 2 is 2.11 bits per heavy atom. The average molecular weight is 253 g/mol. The zero-order valence-electron chi connectivity index (χ0n) is 10.5. The largest absolute Gasteiger partial charge is 0.323 e. The maximum atomic E-state index is 11.8. The van der Waals surface area contributed by atoms with E-state index in [0.717, 1.165) is 16.6 Å². The summed E-state index contributed by atoms with van der Waals surface area (Å²) < 4.78 is 0. The van der Waals surface area contributed by atoms with Gasteiger partial charge in [-0.3, -0.25) is 4.98 Å². The summed E-state index contributed by atoms with van der Waals surface area (Å²) in [5, 5.41) is 6.53. The van der Waals surface area contributed by atoms with Crippen molar-refractivity contribution >= 4 is 22.6 Å². The van der Waals surface area contributed by atoms with Crippen molar-refractivity contribution in [3.63, 3.8) is 0 Å². The molecule has 1 fully saturated rings. The molecule has 4 heteroatoms. The van der Waals surface area contributed by atoms with Crippen LogP contribution in [0.5, 0.6) is 0 Å². The molecule has 0 atom stereocenters. The number of pyridine rings is 1. The lowest BCUT2D eigenvalue weighted by atomic mass is 10.2. The van der Waals surface area contributed by atoms with Crippen LogP contribution in [0.3, 0.4) is 0 Å². The molecule has 19 heavy (non-hydrogen) atoms. The molecular formula is C15H15N3O. The molecular weight excluding hydrogens is 238 g/mol. The molecule has 1 saturated carbocycles. The van der Waals surface area contributed by atoms with Crippen LogP contribution < -0.4 is 10.6 Å². The van der Waals surface area contributed by atoms with Crippen molar-refractivity contribution in [1.29, 1.82) is 0 Å². The standard InChI is InChI=1S/C15H15N3O/c19-15(17-10-8-11-6-7-11)18-13-5-1-3-12-4-2-9-16-14(12)13/h1-5,8-11H,6-7H2,(H2,17,18,19)/b10-8+. The van der Waals surface area contributed by atoms with Gasteiger partial charge in [0.15, 0.2) is 0 Å². The van der Waals surface area contributed by atoms with Gasteiger partial charge in [0.05, 0.1) is 11.2 Å². The van der Waals surface area contributed by atoms with E-state index in [4.69, 9.17) is 0 Å². The number of nitrogens with one attached hydrogen (secondary N) is 2. The molecule has 1 aromatic heterocycles. The van der Waals surface area contributed by atoms with Crippen LogP contribution in [0.15, 0.2) is 48.8 Å². The second-order valence-electron chi connectivity index (χ2n) is 4.68. The number of benzene rings is 1. The number of urea groups is 1. The quantitative estimate of drug-likeness (QED) is 0.882. The summed E-state index contributed by atoms with van der Waals surface area (Å²) in [5.74, 6) is 0.652. The first-order chi connectivity index (χ1) is 9.33. The summed E-state index contributed by atoms with van der Waals surface area (Å²) in [7, 11) is 0. The molecule has 0 aliphatic heterocycles. The Labute approximate surface area is 111 Å². The first-order valence-corrected chi connectivity index (χ1v) is 6.41. The van der Waals surface area contributed by atoms with Gasteiger partial charge in [0.2, 0.25) is 0 Å². The number of para-hydroxylation sites is 1. The summed E-state index contributed by atoms with van der Waals surface area (Å²) in [6.45, 7) is 0. The highest BCUT2D eigenvalue weighted by Crippen LogP contribution is 2.29. The molecule has 2 aromatic rings. The van der Waals surface area contributed by atoms with E-state index in [9.17, 15) is 4.79 Å². The summed E-state index contributed by atoms with van der Waals surface area (Å²) in [6.07, 6.45) is 7.92. The van der Waals surface area contributed by atoms with Crippen molar-refractivity contribution in [2.45, 2.75) is 12.8 Å². The molecule has 0 unspecified atom stereocenters. The Morgan fingerprint density at radius 3 is 2.95 bits per heavy atom. The number of hydrogen-bond acceptors (Lipinski definition) is 2. The number of amides is 2. The average Bonchev–Trinajstić information content (AvgIpc) is 3.23. The summed E-state index contributed by atoms with van der Waals surface area (Å²) in [6, 6.07) is 9.33. The first kappa shape index (κ1) is 11.7. The number of hydrogen-bond donors (Lipinski definition) is 2. The number of anilines is 1. The van der Waals surface area contributed by atoms with Crippen molar-refractivity contribution in [3.05, 3.63) is 48.8 Å². The molecule has 4 nitrogen and oxygen atoms in total. The monoisotopic (exact) mass is 253 g/mol. The summed E-state index contributed by atoms with van der Waals surface area (Å²) in [4.78, 5) is 16.0. The topological polar surface area (TPSA) is 54.0 Å². The summed E-state index contributed by atoms with van der Waals surface area (Å²) >= 11 is 0. The number of nitrogens with zero attached hydrogens (tertiary/aromatic N) is 1. The smallest absolute Gasteiger partial charge is 0.315 e. The molecule has 0 bridgehead atoms. The number of rotatable bonds is 3. The molecule has 96 valence electrons. The lowest BCUT2D eigenvalue weighted by molar-refractivity contribution is 0.255. The van der Waals surface area contributed by atoms with Crippen molar-refractivity contribution in [2.24, 2.45) is 5.92 Å². The number of carbonyl (C=O) groups excluding carboxylic acids is 1. The molecule has 2 N–H and O–H groups in total. The SMILES string of the molecule is O=C(N/C=C/C1CC1)Nc1cccc2cccnc12. The van der Waals surface area contributed by atoms with E-state index in [1.165, 1.54) is 12.8 Å². The normalized spacial score (nSPS) is 14.7. The minimum absolute atomic E-state index is 0.241. The maximum Gasteiger partial charge on any atom is 0.323 e. The van der Waals surface area contributed by atoms with E-state index in [0.29, 0.717) is 5.92 Å². The Kier molecular flexibility index (Phi) is 3.14. The van der Waals surface area contributed by atoms with Gasteiger partial charge in [0.1, 0.15) is 0 Å². The molecule has 1 aliphatic rings. The Morgan fingerprint density at radius 1 is 1.26 bits per heavy atom. The zero-order chi connectivity index (χ0) is 13.1. The highest BCUT2D eigenvalue weighted by molar-refractivity contribution is 5.99. The Bertz CT molecular complexity index is 627.